The molecular weight excluding hydrogens is 553 g/mol. The highest BCUT2D eigenvalue weighted by Gasteiger charge is 2.21. The highest BCUT2D eigenvalue weighted by atomic mass is 19.1. The monoisotopic (exact) mass is 587 g/mol. The molecule has 1 aliphatic heterocycles. The molecule has 2 aromatic carbocycles. The van der Waals surface area contributed by atoms with Gasteiger partial charge in [-0.25, -0.2) is 9.37 Å². The first kappa shape index (κ1) is 29.7. The van der Waals surface area contributed by atoms with Crippen LogP contribution in [0.25, 0.3) is 10.9 Å². The van der Waals surface area contributed by atoms with Gasteiger partial charge in [0.2, 0.25) is 0 Å². The number of amides is 2. The van der Waals surface area contributed by atoms with Crippen LogP contribution in [0.15, 0.2) is 67.0 Å². The Morgan fingerprint density at radius 1 is 1.02 bits per heavy atom. The molecule has 0 spiro atoms. The first-order chi connectivity index (χ1) is 20.9. The van der Waals surface area contributed by atoms with E-state index < -0.39 is 17.6 Å². The van der Waals surface area contributed by atoms with Crippen LogP contribution in [0.2, 0.25) is 0 Å². The fourth-order valence-electron chi connectivity index (χ4n) is 4.94. The fraction of sp³-hybridized carbons (Fsp3) is 0.312. The number of carbonyl (C=O) groups is 2. The number of nitrogens with zero attached hydrogens (tertiary/aromatic N) is 2. The van der Waals surface area contributed by atoms with Gasteiger partial charge in [-0.1, -0.05) is 37.3 Å². The van der Waals surface area contributed by atoms with Gasteiger partial charge in [-0.05, 0) is 56.0 Å². The number of hydrogen-bond acceptors (Lipinski definition) is 8. The molecule has 43 heavy (non-hydrogen) atoms. The van der Waals surface area contributed by atoms with E-state index in [1.807, 2.05) is 37.3 Å². The largest absolute Gasteiger partial charge is 0.493 e. The Morgan fingerprint density at radius 2 is 1.81 bits per heavy atom. The summed E-state index contributed by atoms with van der Waals surface area (Å²) in [6.45, 7) is 4.43. The number of carbonyl (C=O) groups excluding carboxylic acids is 2. The Hall–Kier alpha value is -4.77. The zero-order valence-electron chi connectivity index (χ0n) is 24.1. The van der Waals surface area contributed by atoms with Crippen molar-refractivity contribution in [3.63, 3.8) is 0 Å². The molecule has 0 aliphatic carbocycles. The maximum Gasteiger partial charge on any atom is 0.313 e. The van der Waals surface area contributed by atoms with Gasteiger partial charge >= 0.3 is 11.8 Å². The fourth-order valence-corrected chi connectivity index (χ4v) is 4.94. The number of aromatic nitrogens is 2. The number of hydrogen-bond donors (Lipinski definition) is 3. The molecule has 10 nitrogen and oxygen atoms in total. The summed E-state index contributed by atoms with van der Waals surface area (Å²) in [6.07, 6.45) is 5.45. The molecule has 224 valence electrons. The molecule has 1 fully saturated rings. The molecule has 1 atom stereocenters. The summed E-state index contributed by atoms with van der Waals surface area (Å²) in [6, 6.07) is 15.1. The summed E-state index contributed by atoms with van der Waals surface area (Å²) in [5.41, 5.74) is 1.46. The second-order valence-corrected chi connectivity index (χ2v) is 10.2. The van der Waals surface area contributed by atoms with Crippen molar-refractivity contribution in [1.29, 1.82) is 0 Å². The molecule has 0 unspecified atom stereocenters. The molecular formula is C32H34FN5O5. The van der Waals surface area contributed by atoms with Crippen LogP contribution in [0, 0.1) is 11.7 Å². The van der Waals surface area contributed by atoms with Crippen LogP contribution in [0.3, 0.4) is 0 Å². The maximum absolute atomic E-state index is 15.1. The minimum Gasteiger partial charge on any atom is -0.493 e. The van der Waals surface area contributed by atoms with Crippen LogP contribution >= 0.6 is 0 Å². The van der Waals surface area contributed by atoms with Crippen LogP contribution in [-0.4, -0.2) is 48.6 Å². The lowest BCUT2D eigenvalue weighted by molar-refractivity contribution is -0.136. The van der Waals surface area contributed by atoms with Crippen LogP contribution < -0.4 is 30.2 Å². The third kappa shape index (κ3) is 7.36. The third-order valence-electron chi connectivity index (χ3n) is 7.31. The van der Waals surface area contributed by atoms with Crippen molar-refractivity contribution < 1.29 is 28.2 Å². The molecule has 2 aromatic heterocycles. The van der Waals surface area contributed by atoms with Gasteiger partial charge in [-0.2, -0.15) is 0 Å². The number of fused-ring (bicyclic) bond motifs is 1. The SMILES string of the molecule is CC[C@@H](NC(=O)C(=O)Nc1cnc(Oc2ccnc3cc(OCC4CCNCC4)c(OC)cc23)c(F)c1)c1ccccc1. The molecule has 4 aromatic rings. The van der Waals surface area contributed by atoms with Crippen molar-refractivity contribution in [2.75, 3.05) is 32.1 Å². The molecule has 0 bridgehead atoms. The lowest BCUT2D eigenvalue weighted by Gasteiger charge is -2.23. The van der Waals surface area contributed by atoms with Crippen molar-refractivity contribution in [3.8, 4) is 23.1 Å². The van der Waals surface area contributed by atoms with Gasteiger partial charge in [0, 0.05) is 23.7 Å². The van der Waals surface area contributed by atoms with Gasteiger partial charge in [0.1, 0.15) is 5.75 Å². The summed E-state index contributed by atoms with van der Waals surface area (Å²) in [4.78, 5) is 33.5. The number of pyridine rings is 2. The van der Waals surface area contributed by atoms with Gasteiger partial charge in [-0.3, -0.25) is 14.6 Å². The Morgan fingerprint density at radius 3 is 2.53 bits per heavy atom. The van der Waals surface area contributed by atoms with Crippen molar-refractivity contribution in [2.24, 2.45) is 5.92 Å². The molecule has 1 aliphatic rings. The van der Waals surface area contributed by atoms with Crippen LogP contribution in [-0.2, 0) is 9.59 Å². The Balaban J connectivity index is 1.26. The first-order valence-corrected chi connectivity index (χ1v) is 14.3. The van der Waals surface area contributed by atoms with Gasteiger partial charge in [-0.15, -0.1) is 0 Å². The predicted octanol–water partition coefficient (Wildman–Crippen LogP) is 5.15. The van der Waals surface area contributed by atoms with E-state index in [0.717, 1.165) is 37.6 Å². The number of anilines is 1. The number of nitrogens with one attached hydrogen (secondary N) is 3. The average molecular weight is 588 g/mol. The second-order valence-electron chi connectivity index (χ2n) is 10.2. The molecule has 0 saturated carbocycles. The van der Waals surface area contributed by atoms with E-state index in [2.05, 4.69) is 25.9 Å². The molecule has 2 amide bonds. The topological polar surface area (TPSA) is 124 Å². The van der Waals surface area contributed by atoms with E-state index in [-0.39, 0.29) is 17.6 Å². The van der Waals surface area contributed by atoms with Crippen molar-refractivity contribution in [3.05, 3.63) is 78.4 Å². The summed E-state index contributed by atoms with van der Waals surface area (Å²) in [5.74, 6) is -1.07. The predicted molar refractivity (Wildman–Crippen MR) is 160 cm³/mol. The number of rotatable bonds is 10. The Kier molecular flexibility index (Phi) is 9.63. The number of methoxy groups -OCH3 is 1. The van der Waals surface area contributed by atoms with Gasteiger partial charge < -0.3 is 30.2 Å². The number of ether oxygens (including phenoxy) is 3. The summed E-state index contributed by atoms with van der Waals surface area (Å²) in [7, 11) is 1.55. The quantitative estimate of drug-likeness (QED) is 0.218. The van der Waals surface area contributed by atoms with Crippen molar-refractivity contribution in [2.45, 2.75) is 32.2 Å². The molecule has 11 heteroatoms. The second kappa shape index (κ2) is 13.9. The van der Waals surface area contributed by atoms with Crippen molar-refractivity contribution in [1.82, 2.24) is 20.6 Å². The van der Waals surface area contributed by atoms with E-state index in [4.69, 9.17) is 14.2 Å². The zero-order chi connectivity index (χ0) is 30.2. The average Bonchev–Trinajstić information content (AvgIpc) is 3.04. The highest BCUT2D eigenvalue weighted by Crippen LogP contribution is 2.37. The minimum atomic E-state index is -0.936. The number of halogens is 1. The van der Waals surface area contributed by atoms with Crippen LogP contribution in [0.1, 0.15) is 37.8 Å². The molecule has 3 heterocycles. The van der Waals surface area contributed by atoms with E-state index in [9.17, 15) is 9.59 Å². The summed E-state index contributed by atoms with van der Waals surface area (Å²) in [5, 5.41) is 9.01. The van der Waals surface area contributed by atoms with Gasteiger partial charge in [0.15, 0.2) is 17.3 Å². The zero-order valence-corrected chi connectivity index (χ0v) is 24.1. The Bertz CT molecular complexity index is 1580. The Labute approximate surface area is 249 Å². The van der Waals surface area contributed by atoms with Gasteiger partial charge in [0.05, 0.1) is 37.2 Å². The van der Waals surface area contributed by atoms with Crippen LogP contribution in [0.4, 0.5) is 10.1 Å². The van der Waals surface area contributed by atoms with Crippen LogP contribution in [0.5, 0.6) is 23.1 Å². The first-order valence-electron chi connectivity index (χ1n) is 14.3. The van der Waals surface area contributed by atoms with E-state index in [0.29, 0.717) is 47.1 Å². The summed E-state index contributed by atoms with van der Waals surface area (Å²) >= 11 is 0. The lowest BCUT2D eigenvalue weighted by Crippen LogP contribution is -2.37. The van der Waals surface area contributed by atoms with Gasteiger partial charge in [0.25, 0.3) is 5.88 Å². The molecule has 1 saturated heterocycles. The lowest BCUT2D eigenvalue weighted by atomic mass is 9.99. The van der Waals surface area contributed by atoms with Crippen molar-refractivity contribution >= 4 is 28.4 Å². The van der Waals surface area contributed by atoms with E-state index in [1.54, 1.807) is 31.5 Å². The highest BCUT2D eigenvalue weighted by molar-refractivity contribution is 6.39. The number of benzene rings is 2. The number of piperidine rings is 1. The third-order valence-corrected chi connectivity index (χ3v) is 7.31. The standard InChI is InChI=1S/C32H34FN5O5/c1-3-25(21-7-5-4-6-8-21)38-31(40)30(39)37-22-15-24(33)32(36-18-22)43-27-11-14-35-26-17-29(28(41-2)16-23(26)27)42-19-20-9-12-34-13-10-20/h4-8,11,14-18,20,25,34H,3,9-10,12-13,19H2,1-2H3,(H,37,39)(H,38,40)/t25-/m1/s1. The molecule has 3 N–H and O–H groups in total. The van der Waals surface area contributed by atoms with E-state index >= 15 is 4.39 Å². The molecule has 5 rings (SSSR count). The normalized spacial score (nSPS) is 14.1. The smallest absolute Gasteiger partial charge is 0.313 e. The molecule has 0 radical (unpaired) electrons. The maximum atomic E-state index is 15.1. The minimum absolute atomic E-state index is 0.00885. The van der Waals surface area contributed by atoms with E-state index in [1.165, 1.54) is 6.20 Å². The summed E-state index contributed by atoms with van der Waals surface area (Å²) < 4.78 is 32.5.